The Morgan fingerprint density at radius 2 is 1.85 bits per heavy atom. The molecule has 1 aromatic heterocycles. The molecule has 2 heterocycles. The van der Waals surface area contributed by atoms with E-state index in [2.05, 4.69) is 15.3 Å². The molecule has 0 spiro atoms. The Kier molecular flexibility index (Phi) is 5.17. The van der Waals surface area contributed by atoms with E-state index in [1.807, 2.05) is 4.90 Å². The van der Waals surface area contributed by atoms with E-state index in [0.29, 0.717) is 37.8 Å². The van der Waals surface area contributed by atoms with Crippen molar-refractivity contribution in [2.75, 3.05) is 36.4 Å². The van der Waals surface area contributed by atoms with Gasteiger partial charge in [-0.2, -0.15) is 13.2 Å². The highest BCUT2D eigenvalue weighted by Gasteiger charge is 2.31. The third-order valence-electron chi connectivity index (χ3n) is 4.00. The number of alkyl halides is 3. The number of amides is 1. The van der Waals surface area contributed by atoms with E-state index in [9.17, 15) is 18.0 Å². The van der Waals surface area contributed by atoms with Crippen LogP contribution in [0.25, 0.3) is 0 Å². The first kappa shape index (κ1) is 18.2. The molecule has 3 rings (SSSR count). The summed E-state index contributed by atoms with van der Waals surface area (Å²) >= 11 is 5.99. The second-order valence-electron chi connectivity index (χ2n) is 5.71. The molecule has 1 amide bonds. The highest BCUT2D eigenvalue weighted by atomic mass is 35.5. The predicted molar refractivity (Wildman–Crippen MR) is 91.6 cm³/mol. The van der Waals surface area contributed by atoms with Gasteiger partial charge in [-0.3, -0.25) is 4.79 Å². The standard InChI is InChI=1S/C16H15ClF3N5O/c17-12-2-1-11(16(18,19)20)7-13(12)23-14-8-15(22-9-21-14)25-5-3-24(10-26)4-6-25/h1-2,7-10H,3-6H2,(H,21,22,23). The number of anilines is 3. The minimum Gasteiger partial charge on any atom is -0.353 e. The minimum atomic E-state index is -4.46. The van der Waals surface area contributed by atoms with Crippen molar-refractivity contribution in [2.24, 2.45) is 0 Å². The Morgan fingerprint density at radius 1 is 1.12 bits per heavy atom. The maximum Gasteiger partial charge on any atom is 0.416 e. The third-order valence-corrected chi connectivity index (χ3v) is 4.33. The normalized spacial score (nSPS) is 15.1. The van der Waals surface area contributed by atoms with Crippen LogP contribution in [-0.4, -0.2) is 47.5 Å². The quantitative estimate of drug-likeness (QED) is 0.819. The lowest BCUT2D eigenvalue weighted by Gasteiger charge is -2.33. The van der Waals surface area contributed by atoms with Crippen molar-refractivity contribution < 1.29 is 18.0 Å². The van der Waals surface area contributed by atoms with Gasteiger partial charge >= 0.3 is 6.18 Å². The van der Waals surface area contributed by atoms with Crippen LogP contribution >= 0.6 is 11.6 Å². The molecule has 1 fully saturated rings. The average Bonchev–Trinajstić information content (AvgIpc) is 2.63. The number of benzene rings is 1. The van der Waals surface area contributed by atoms with Crippen LogP contribution < -0.4 is 10.2 Å². The summed E-state index contributed by atoms with van der Waals surface area (Å²) in [6.07, 6.45) is -2.33. The highest BCUT2D eigenvalue weighted by molar-refractivity contribution is 6.33. The number of hydrogen-bond acceptors (Lipinski definition) is 5. The van der Waals surface area contributed by atoms with Gasteiger partial charge in [-0.05, 0) is 18.2 Å². The molecule has 1 aliphatic rings. The van der Waals surface area contributed by atoms with Gasteiger partial charge in [-0.25, -0.2) is 9.97 Å². The van der Waals surface area contributed by atoms with E-state index in [1.165, 1.54) is 12.4 Å². The molecule has 0 saturated carbocycles. The zero-order valence-electron chi connectivity index (χ0n) is 13.5. The topological polar surface area (TPSA) is 61.4 Å². The fourth-order valence-electron chi connectivity index (χ4n) is 2.58. The molecule has 26 heavy (non-hydrogen) atoms. The highest BCUT2D eigenvalue weighted by Crippen LogP contribution is 2.34. The Balaban J connectivity index is 1.78. The van der Waals surface area contributed by atoms with Gasteiger partial charge in [0.15, 0.2) is 0 Å². The van der Waals surface area contributed by atoms with E-state index in [4.69, 9.17) is 11.6 Å². The first-order valence-electron chi connectivity index (χ1n) is 7.77. The Hall–Kier alpha value is -2.55. The molecular formula is C16H15ClF3N5O. The van der Waals surface area contributed by atoms with Crippen LogP contribution in [0.3, 0.4) is 0 Å². The summed E-state index contributed by atoms with van der Waals surface area (Å²) in [7, 11) is 0. The maximum absolute atomic E-state index is 12.9. The minimum absolute atomic E-state index is 0.108. The number of halogens is 4. The van der Waals surface area contributed by atoms with Crippen molar-refractivity contribution in [3.8, 4) is 0 Å². The number of nitrogens with one attached hydrogen (secondary N) is 1. The first-order chi connectivity index (χ1) is 12.4. The summed E-state index contributed by atoms with van der Waals surface area (Å²) in [4.78, 5) is 22.6. The predicted octanol–water partition coefficient (Wildman–Crippen LogP) is 3.17. The summed E-state index contributed by atoms with van der Waals surface area (Å²) in [5.74, 6) is 0.949. The molecule has 0 unspecified atom stereocenters. The second-order valence-corrected chi connectivity index (χ2v) is 6.11. The summed E-state index contributed by atoms with van der Waals surface area (Å²) in [5.41, 5.74) is -0.694. The van der Waals surface area contributed by atoms with E-state index in [-0.39, 0.29) is 10.7 Å². The fraction of sp³-hybridized carbons (Fsp3) is 0.312. The molecule has 10 heteroatoms. The molecular weight excluding hydrogens is 371 g/mol. The number of aromatic nitrogens is 2. The fourth-order valence-corrected chi connectivity index (χ4v) is 2.74. The largest absolute Gasteiger partial charge is 0.416 e. The summed E-state index contributed by atoms with van der Waals surface area (Å²) in [6, 6.07) is 4.68. The Labute approximate surface area is 152 Å². The number of hydrogen-bond donors (Lipinski definition) is 1. The summed E-state index contributed by atoms with van der Waals surface area (Å²) < 4.78 is 38.6. The van der Waals surface area contributed by atoms with Gasteiger partial charge in [0, 0.05) is 32.2 Å². The molecule has 1 N–H and O–H groups in total. The van der Waals surface area contributed by atoms with Gasteiger partial charge in [0.1, 0.15) is 18.0 Å². The van der Waals surface area contributed by atoms with Crippen molar-refractivity contribution in [2.45, 2.75) is 6.18 Å². The molecule has 1 saturated heterocycles. The Morgan fingerprint density at radius 3 is 2.50 bits per heavy atom. The molecule has 1 aromatic carbocycles. The van der Waals surface area contributed by atoms with Gasteiger partial charge in [0.25, 0.3) is 0 Å². The van der Waals surface area contributed by atoms with Crippen molar-refractivity contribution in [1.29, 1.82) is 0 Å². The molecule has 0 atom stereocenters. The zero-order chi connectivity index (χ0) is 18.7. The van der Waals surface area contributed by atoms with Crippen LogP contribution in [0.4, 0.5) is 30.5 Å². The van der Waals surface area contributed by atoms with Gasteiger partial charge in [0.2, 0.25) is 6.41 Å². The van der Waals surface area contributed by atoms with E-state index < -0.39 is 11.7 Å². The third kappa shape index (κ3) is 4.16. The number of carbonyl (C=O) groups excluding carboxylic acids is 1. The maximum atomic E-state index is 12.9. The summed E-state index contributed by atoms with van der Waals surface area (Å²) in [5, 5.41) is 2.96. The zero-order valence-corrected chi connectivity index (χ0v) is 14.3. The smallest absolute Gasteiger partial charge is 0.353 e. The molecule has 1 aliphatic heterocycles. The van der Waals surface area contributed by atoms with Gasteiger partial charge in [0.05, 0.1) is 16.3 Å². The average molecular weight is 386 g/mol. The van der Waals surface area contributed by atoms with Crippen LogP contribution in [-0.2, 0) is 11.0 Å². The molecule has 0 bridgehead atoms. The van der Waals surface area contributed by atoms with Crippen molar-refractivity contribution >= 4 is 35.3 Å². The van der Waals surface area contributed by atoms with Gasteiger partial charge in [-0.1, -0.05) is 11.6 Å². The van der Waals surface area contributed by atoms with Crippen LogP contribution in [0.5, 0.6) is 0 Å². The molecule has 2 aromatic rings. The Bertz CT molecular complexity index is 794. The molecule has 0 radical (unpaired) electrons. The number of carbonyl (C=O) groups is 1. The second kappa shape index (κ2) is 7.36. The van der Waals surface area contributed by atoms with Crippen LogP contribution in [0, 0.1) is 0 Å². The lowest BCUT2D eigenvalue weighted by Crippen LogP contribution is -2.46. The number of rotatable bonds is 4. The molecule has 6 nitrogen and oxygen atoms in total. The molecule has 0 aliphatic carbocycles. The van der Waals surface area contributed by atoms with Gasteiger partial charge < -0.3 is 15.1 Å². The summed E-state index contributed by atoms with van der Waals surface area (Å²) in [6.45, 7) is 2.38. The first-order valence-corrected chi connectivity index (χ1v) is 8.15. The van der Waals surface area contributed by atoms with Crippen LogP contribution in [0.1, 0.15) is 5.56 Å². The lowest BCUT2D eigenvalue weighted by atomic mass is 10.2. The monoisotopic (exact) mass is 385 g/mol. The van der Waals surface area contributed by atoms with Crippen molar-refractivity contribution in [3.05, 3.63) is 41.2 Å². The van der Waals surface area contributed by atoms with Crippen LogP contribution in [0.2, 0.25) is 5.02 Å². The van der Waals surface area contributed by atoms with E-state index in [0.717, 1.165) is 18.5 Å². The molecule has 138 valence electrons. The van der Waals surface area contributed by atoms with Gasteiger partial charge in [-0.15, -0.1) is 0 Å². The van der Waals surface area contributed by atoms with E-state index >= 15 is 0 Å². The van der Waals surface area contributed by atoms with E-state index in [1.54, 1.807) is 11.0 Å². The number of piperazine rings is 1. The SMILES string of the molecule is O=CN1CCN(c2cc(Nc3cc(C(F)(F)F)ccc3Cl)ncn2)CC1. The van der Waals surface area contributed by atoms with Crippen molar-refractivity contribution in [1.82, 2.24) is 14.9 Å². The lowest BCUT2D eigenvalue weighted by molar-refractivity contribution is -0.137. The van der Waals surface area contributed by atoms with Crippen LogP contribution in [0.15, 0.2) is 30.6 Å². The van der Waals surface area contributed by atoms with Crippen molar-refractivity contribution in [3.63, 3.8) is 0 Å². The number of nitrogens with zero attached hydrogens (tertiary/aromatic N) is 4.